The lowest BCUT2D eigenvalue weighted by molar-refractivity contribution is -0.145. The number of benzene rings is 3. The molecule has 4 rings (SSSR count). The van der Waals surface area contributed by atoms with Gasteiger partial charge in [0.1, 0.15) is 0 Å². The third-order valence-corrected chi connectivity index (χ3v) is 7.29. The van der Waals surface area contributed by atoms with Crippen molar-refractivity contribution in [3.05, 3.63) is 101 Å². The first-order valence-corrected chi connectivity index (χ1v) is 13.8. The first-order valence-electron chi connectivity index (χ1n) is 13.8. The van der Waals surface area contributed by atoms with Crippen LogP contribution in [0.25, 0.3) is 22.5 Å². The van der Waals surface area contributed by atoms with Gasteiger partial charge in [0, 0.05) is 11.1 Å². The van der Waals surface area contributed by atoms with E-state index in [0.29, 0.717) is 37.3 Å². The Labute approximate surface area is 238 Å². The molecule has 2 atom stereocenters. The summed E-state index contributed by atoms with van der Waals surface area (Å²) in [6.07, 6.45) is -3.97. The summed E-state index contributed by atoms with van der Waals surface area (Å²) < 4.78 is 50.9. The molecule has 3 aromatic carbocycles. The van der Waals surface area contributed by atoms with E-state index in [1.54, 1.807) is 6.92 Å². The Morgan fingerprint density at radius 2 is 1.56 bits per heavy atom. The number of hydrogen-bond donors (Lipinski definition) is 1. The second-order valence-corrected chi connectivity index (χ2v) is 9.98. The minimum Gasteiger partial charge on any atom is -0.466 e. The number of ether oxygens (including phenoxy) is 1. The normalized spacial score (nSPS) is 13.1. The lowest BCUT2D eigenvalue weighted by Gasteiger charge is -2.17. The average Bonchev–Trinajstić information content (AvgIpc) is 3.33. The summed E-state index contributed by atoms with van der Waals surface area (Å²) in [7, 11) is 0. The molecular formula is C33H34F3NO4. The number of carbonyl (C=O) groups is 1. The summed E-state index contributed by atoms with van der Waals surface area (Å²) in [5, 5.41) is 14.7. The van der Waals surface area contributed by atoms with E-state index in [-0.39, 0.29) is 23.9 Å². The Morgan fingerprint density at radius 1 is 0.951 bits per heavy atom. The van der Waals surface area contributed by atoms with Crippen LogP contribution in [0.1, 0.15) is 73.1 Å². The summed E-state index contributed by atoms with van der Waals surface area (Å²) in [5.74, 6) is 0.0979. The highest BCUT2D eigenvalue weighted by Crippen LogP contribution is 2.36. The number of carbonyl (C=O) groups excluding carboxylic acids is 1. The summed E-state index contributed by atoms with van der Waals surface area (Å²) >= 11 is 0. The van der Waals surface area contributed by atoms with Gasteiger partial charge in [-0.2, -0.15) is 13.2 Å². The SMILES string of the molecule is CCOC(=O)C(CC)c1ccc(-c2ccc(-c3onc(C)c3CCCC(O)c3ccccc3C(F)(F)F)cc2)cc1. The zero-order chi connectivity index (χ0) is 29.6. The van der Waals surface area contributed by atoms with Gasteiger partial charge in [-0.15, -0.1) is 0 Å². The van der Waals surface area contributed by atoms with Crippen molar-refractivity contribution in [2.24, 2.45) is 0 Å². The van der Waals surface area contributed by atoms with Crippen molar-refractivity contribution in [1.82, 2.24) is 5.16 Å². The lowest BCUT2D eigenvalue weighted by Crippen LogP contribution is -2.15. The largest absolute Gasteiger partial charge is 0.466 e. The van der Waals surface area contributed by atoms with Gasteiger partial charge in [0.2, 0.25) is 0 Å². The fourth-order valence-corrected chi connectivity index (χ4v) is 5.09. The molecule has 0 saturated carbocycles. The van der Waals surface area contributed by atoms with Crippen molar-refractivity contribution >= 4 is 5.97 Å². The maximum absolute atomic E-state index is 13.4. The monoisotopic (exact) mass is 565 g/mol. The van der Waals surface area contributed by atoms with E-state index in [2.05, 4.69) is 5.16 Å². The molecular weight excluding hydrogens is 531 g/mol. The number of rotatable bonds is 11. The van der Waals surface area contributed by atoms with Crippen LogP contribution in [-0.4, -0.2) is 22.8 Å². The first kappa shape index (κ1) is 30.1. The van der Waals surface area contributed by atoms with Crippen LogP contribution in [-0.2, 0) is 22.1 Å². The number of aromatic nitrogens is 1. The molecule has 8 heteroatoms. The maximum Gasteiger partial charge on any atom is 0.416 e. The van der Waals surface area contributed by atoms with E-state index in [0.717, 1.165) is 33.9 Å². The maximum atomic E-state index is 13.4. The smallest absolute Gasteiger partial charge is 0.416 e. The number of aliphatic hydroxyl groups excluding tert-OH is 1. The molecule has 1 N–H and O–H groups in total. The van der Waals surface area contributed by atoms with Crippen molar-refractivity contribution in [3.63, 3.8) is 0 Å². The van der Waals surface area contributed by atoms with Gasteiger partial charge in [0.05, 0.1) is 29.9 Å². The van der Waals surface area contributed by atoms with Crippen molar-refractivity contribution in [1.29, 1.82) is 0 Å². The van der Waals surface area contributed by atoms with Crippen molar-refractivity contribution in [3.8, 4) is 22.5 Å². The van der Waals surface area contributed by atoms with Crippen molar-refractivity contribution in [2.45, 2.75) is 64.7 Å². The van der Waals surface area contributed by atoms with Crippen LogP contribution in [0.5, 0.6) is 0 Å². The molecule has 1 heterocycles. The minimum absolute atomic E-state index is 0.114. The molecule has 0 radical (unpaired) electrons. The molecule has 216 valence electrons. The highest BCUT2D eigenvalue weighted by molar-refractivity contribution is 5.78. The average molecular weight is 566 g/mol. The van der Waals surface area contributed by atoms with Crippen molar-refractivity contribution in [2.75, 3.05) is 6.61 Å². The molecule has 4 aromatic rings. The van der Waals surface area contributed by atoms with Gasteiger partial charge in [-0.1, -0.05) is 78.8 Å². The zero-order valence-corrected chi connectivity index (χ0v) is 23.4. The quantitative estimate of drug-likeness (QED) is 0.185. The molecule has 0 amide bonds. The molecule has 0 fully saturated rings. The van der Waals surface area contributed by atoms with E-state index in [1.165, 1.54) is 18.2 Å². The van der Waals surface area contributed by atoms with Gasteiger partial charge in [0.25, 0.3) is 0 Å². The van der Waals surface area contributed by atoms with Crippen LogP contribution in [0.15, 0.2) is 77.3 Å². The van der Waals surface area contributed by atoms with E-state index >= 15 is 0 Å². The first-order chi connectivity index (χ1) is 19.6. The molecule has 1 aromatic heterocycles. The fraction of sp³-hybridized carbons (Fsp3) is 0.333. The molecule has 5 nitrogen and oxygen atoms in total. The Balaban J connectivity index is 1.44. The number of halogens is 3. The number of aliphatic hydroxyl groups is 1. The van der Waals surface area contributed by atoms with Crippen LogP contribution in [0, 0.1) is 6.92 Å². The molecule has 0 aliphatic rings. The second-order valence-electron chi connectivity index (χ2n) is 9.98. The van der Waals surface area contributed by atoms with Crippen LogP contribution in [0.4, 0.5) is 13.2 Å². The van der Waals surface area contributed by atoms with Crippen LogP contribution in [0.3, 0.4) is 0 Å². The summed E-state index contributed by atoms with van der Waals surface area (Å²) in [4.78, 5) is 12.3. The number of alkyl halides is 3. The van der Waals surface area contributed by atoms with Crippen LogP contribution in [0.2, 0.25) is 0 Å². The summed E-state index contributed by atoms with van der Waals surface area (Å²) in [6, 6.07) is 20.8. The predicted molar refractivity (Wildman–Crippen MR) is 151 cm³/mol. The van der Waals surface area contributed by atoms with Gasteiger partial charge in [-0.05, 0) is 67.9 Å². The van der Waals surface area contributed by atoms with Crippen LogP contribution < -0.4 is 0 Å². The molecule has 2 unspecified atom stereocenters. The Bertz CT molecular complexity index is 1440. The van der Waals surface area contributed by atoms with Crippen molar-refractivity contribution < 1.29 is 32.3 Å². The van der Waals surface area contributed by atoms with E-state index in [9.17, 15) is 23.1 Å². The van der Waals surface area contributed by atoms with Gasteiger partial charge < -0.3 is 14.4 Å². The second kappa shape index (κ2) is 13.2. The van der Waals surface area contributed by atoms with Gasteiger partial charge >= 0.3 is 12.1 Å². The van der Waals surface area contributed by atoms with Gasteiger partial charge in [0.15, 0.2) is 5.76 Å². The lowest BCUT2D eigenvalue weighted by atomic mass is 9.93. The van der Waals surface area contributed by atoms with Crippen LogP contribution >= 0.6 is 0 Å². The molecule has 0 saturated heterocycles. The summed E-state index contributed by atoms with van der Waals surface area (Å²) in [5.41, 5.74) is 4.39. The van der Waals surface area contributed by atoms with E-state index in [1.807, 2.05) is 62.4 Å². The molecule has 41 heavy (non-hydrogen) atoms. The standard InChI is InChI=1S/C33H34F3NO4/c1-4-26(32(39)40-5-2)24-17-13-22(14-18-24)23-15-19-25(20-16-23)31-27(21(3)37-41-31)10-8-12-30(38)28-9-6-7-11-29(28)33(34,35)36/h6-7,9,11,13-20,26,30,38H,4-5,8,10,12H2,1-3H3. The minimum atomic E-state index is -4.52. The van der Waals surface area contributed by atoms with Gasteiger partial charge in [-0.3, -0.25) is 4.79 Å². The third kappa shape index (κ3) is 7.06. The van der Waals surface area contributed by atoms with E-state index in [4.69, 9.17) is 9.26 Å². The predicted octanol–water partition coefficient (Wildman–Crippen LogP) is 8.45. The Morgan fingerprint density at radius 3 is 2.17 bits per heavy atom. The summed E-state index contributed by atoms with van der Waals surface area (Å²) in [6.45, 7) is 5.94. The fourth-order valence-electron chi connectivity index (χ4n) is 5.09. The number of nitrogens with zero attached hydrogens (tertiary/aromatic N) is 1. The molecule has 0 aliphatic carbocycles. The van der Waals surface area contributed by atoms with Gasteiger partial charge in [-0.25, -0.2) is 0 Å². The Hall–Kier alpha value is -3.91. The third-order valence-electron chi connectivity index (χ3n) is 7.29. The number of hydrogen-bond acceptors (Lipinski definition) is 5. The highest BCUT2D eigenvalue weighted by Gasteiger charge is 2.34. The molecule has 0 bridgehead atoms. The molecule has 0 spiro atoms. The zero-order valence-electron chi connectivity index (χ0n) is 23.4. The Kier molecular flexibility index (Phi) is 9.65. The topological polar surface area (TPSA) is 72.6 Å². The molecule has 0 aliphatic heterocycles. The highest BCUT2D eigenvalue weighted by atomic mass is 19.4. The van der Waals surface area contributed by atoms with E-state index < -0.39 is 17.8 Å². The number of aryl methyl sites for hydroxylation is 1. The number of esters is 1.